The minimum absolute atomic E-state index is 0.0315. The van der Waals surface area contributed by atoms with Crippen LogP contribution < -0.4 is 15.0 Å². The molecule has 2 aromatic carbocycles. The average molecular weight is 432 g/mol. The van der Waals surface area contributed by atoms with Crippen molar-refractivity contribution in [2.24, 2.45) is 0 Å². The fourth-order valence-electron chi connectivity index (χ4n) is 3.41. The molecule has 1 aliphatic heterocycles. The SMILES string of the molecule is COc1ccc(N2CCN(S(=O)(=O)CCCNC(=O)c3ccc(C)cc3)CC2)cc1. The number of amides is 1. The first-order valence-electron chi connectivity index (χ1n) is 10.1. The second-order valence-electron chi connectivity index (χ2n) is 7.38. The van der Waals surface area contributed by atoms with Gasteiger partial charge in [-0.15, -0.1) is 0 Å². The molecule has 3 rings (SSSR count). The van der Waals surface area contributed by atoms with Crippen molar-refractivity contribution in [2.75, 3.05) is 50.5 Å². The van der Waals surface area contributed by atoms with Gasteiger partial charge in [0.05, 0.1) is 12.9 Å². The normalized spacial score (nSPS) is 15.1. The van der Waals surface area contributed by atoms with Crippen molar-refractivity contribution in [3.8, 4) is 5.75 Å². The van der Waals surface area contributed by atoms with Gasteiger partial charge >= 0.3 is 0 Å². The minimum Gasteiger partial charge on any atom is -0.497 e. The molecule has 0 bridgehead atoms. The minimum atomic E-state index is -3.33. The van der Waals surface area contributed by atoms with Crippen LogP contribution in [-0.4, -0.2) is 64.2 Å². The molecule has 1 aliphatic rings. The van der Waals surface area contributed by atoms with Crippen LogP contribution in [0.3, 0.4) is 0 Å². The largest absolute Gasteiger partial charge is 0.497 e. The average Bonchev–Trinajstić information content (AvgIpc) is 2.77. The summed E-state index contributed by atoms with van der Waals surface area (Å²) >= 11 is 0. The summed E-state index contributed by atoms with van der Waals surface area (Å²) in [6.45, 7) is 4.51. The third kappa shape index (κ3) is 5.73. The molecule has 0 saturated carbocycles. The van der Waals surface area contributed by atoms with Crippen LogP contribution in [0.5, 0.6) is 5.75 Å². The molecule has 8 heteroatoms. The Kier molecular flexibility index (Phi) is 7.33. The highest BCUT2D eigenvalue weighted by Crippen LogP contribution is 2.21. The molecule has 1 N–H and O–H groups in total. The molecule has 0 spiro atoms. The summed E-state index contributed by atoms with van der Waals surface area (Å²) in [6, 6.07) is 15.1. The second kappa shape index (κ2) is 9.95. The van der Waals surface area contributed by atoms with Crippen LogP contribution in [0.1, 0.15) is 22.3 Å². The van der Waals surface area contributed by atoms with Gasteiger partial charge in [-0.2, -0.15) is 4.31 Å². The zero-order chi connectivity index (χ0) is 21.6. The molecule has 0 atom stereocenters. The van der Waals surface area contributed by atoms with Gasteiger partial charge in [0.1, 0.15) is 5.75 Å². The predicted octanol–water partition coefficient (Wildman–Crippen LogP) is 2.28. The van der Waals surface area contributed by atoms with Crippen LogP contribution >= 0.6 is 0 Å². The number of methoxy groups -OCH3 is 1. The number of ether oxygens (including phenoxy) is 1. The maximum atomic E-state index is 12.6. The number of nitrogens with zero attached hydrogens (tertiary/aromatic N) is 2. The van der Waals surface area contributed by atoms with Crippen LogP contribution in [0.2, 0.25) is 0 Å². The monoisotopic (exact) mass is 431 g/mol. The van der Waals surface area contributed by atoms with E-state index in [9.17, 15) is 13.2 Å². The summed E-state index contributed by atoms with van der Waals surface area (Å²) in [7, 11) is -1.70. The quantitative estimate of drug-likeness (QED) is 0.649. The Bertz CT molecular complexity index is 935. The number of rotatable bonds is 8. The van der Waals surface area contributed by atoms with E-state index in [1.807, 2.05) is 43.3 Å². The molecular formula is C22H29N3O4S. The van der Waals surface area contributed by atoms with Crippen molar-refractivity contribution in [3.63, 3.8) is 0 Å². The Morgan fingerprint density at radius 3 is 2.23 bits per heavy atom. The van der Waals surface area contributed by atoms with E-state index < -0.39 is 10.0 Å². The Morgan fingerprint density at radius 2 is 1.63 bits per heavy atom. The summed E-state index contributed by atoms with van der Waals surface area (Å²) < 4.78 is 32.0. The van der Waals surface area contributed by atoms with Crippen LogP contribution in [0.25, 0.3) is 0 Å². The molecule has 30 heavy (non-hydrogen) atoms. The van der Waals surface area contributed by atoms with Crippen LogP contribution in [0, 0.1) is 6.92 Å². The van der Waals surface area contributed by atoms with Crippen molar-refractivity contribution in [2.45, 2.75) is 13.3 Å². The van der Waals surface area contributed by atoms with Crippen molar-refractivity contribution in [3.05, 3.63) is 59.7 Å². The van der Waals surface area contributed by atoms with Gasteiger partial charge in [0.2, 0.25) is 10.0 Å². The Labute approximate surface area is 178 Å². The Morgan fingerprint density at radius 1 is 1.00 bits per heavy atom. The van der Waals surface area contributed by atoms with Crippen molar-refractivity contribution in [1.29, 1.82) is 0 Å². The Hall–Kier alpha value is -2.58. The number of piperazine rings is 1. The van der Waals surface area contributed by atoms with Crippen LogP contribution in [0.4, 0.5) is 5.69 Å². The lowest BCUT2D eigenvalue weighted by Crippen LogP contribution is -2.49. The summed E-state index contributed by atoms with van der Waals surface area (Å²) in [6.07, 6.45) is 0.388. The number of carbonyl (C=O) groups excluding carboxylic acids is 1. The summed E-state index contributed by atoms with van der Waals surface area (Å²) in [5.41, 5.74) is 2.73. The molecule has 0 unspecified atom stereocenters. The summed E-state index contributed by atoms with van der Waals surface area (Å²) in [5, 5.41) is 2.79. The van der Waals surface area contributed by atoms with E-state index in [0.29, 0.717) is 44.7 Å². The third-order valence-corrected chi connectivity index (χ3v) is 7.20. The van der Waals surface area contributed by atoms with Gasteiger partial charge in [-0.25, -0.2) is 8.42 Å². The smallest absolute Gasteiger partial charge is 0.251 e. The highest BCUT2D eigenvalue weighted by Gasteiger charge is 2.26. The van der Waals surface area contributed by atoms with E-state index in [-0.39, 0.29) is 11.7 Å². The lowest BCUT2D eigenvalue weighted by Gasteiger charge is -2.35. The van der Waals surface area contributed by atoms with Crippen LogP contribution in [0.15, 0.2) is 48.5 Å². The highest BCUT2D eigenvalue weighted by atomic mass is 32.2. The molecule has 0 aromatic heterocycles. The number of sulfonamides is 1. The summed E-state index contributed by atoms with van der Waals surface area (Å²) in [4.78, 5) is 14.3. The third-order valence-electron chi connectivity index (χ3n) is 5.25. The molecule has 1 amide bonds. The number of hydrogen-bond acceptors (Lipinski definition) is 5. The standard InChI is InChI=1S/C22H29N3O4S/c1-18-4-6-19(7-5-18)22(26)23-12-3-17-30(27,28)25-15-13-24(14-16-25)20-8-10-21(29-2)11-9-20/h4-11H,3,12-17H2,1-2H3,(H,23,26). The zero-order valence-corrected chi connectivity index (χ0v) is 18.3. The molecule has 0 radical (unpaired) electrons. The van der Waals surface area contributed by atoms with E-state index in [0.717, 1.165) is 17.0 Å². The fraction of sp³-hybridized carbons (Fsp3) is 0.409. The predicted molar refractivity (Wildman–Crippen MR) is 119 cm³/mol. The molecule has 1 saturated heterocycles. The molecule has 0 aliphatic carbocycles. The van der Waals surface area contributed by atoms with Gasteiger partial charge in [0.15, 0.2) is 0 Å². The van der Waals surface area contributed by atoms with Gasteiger partial charge in [0, 0.05) is 44.0 Å². The topological polar surface area (TPSA) is 79.0 Å². The van der Waals surface area contributed by atoms with Gasteiger partial charge in [-0.1, -0.05) is 17.7 Å². The number of carbonyl (C=O) groups is 1. The molecular weight excluding hydrogens is 402 g/mol. The first kappa shape index (κ1) is 22.1. The maximum Gasteiger partial charge on any atom is 0.251 e. The van der Waals surface area contributed by atoms with E-state index in [4.69, 9.17) is 4.74 Å². The van der Waals surface area contributed by atoms with Gasteiger partial charge < -0.3 is 15.0 Å². The number of hydrogen-bond donors (Lipinski definition) is 1. The van der Waals surface area contributed by atoms with Gasteiger partial charge in [-0.3, -0.25) is 4.79 Å². The first-order valence-corrected chi connectivity index (χ1v) is 11.7. The number of nitrogens with one attached hydrogen (secondary N) is 1. The van der Waals surface area contributed by atoms with Crippen molar-refractivity contribution >= 4 is 21.6 Å². The number of aryl methyl sites for hydroxylation is 1. The van der Waals surface area contributed by atoms with Crippen LogP contribution in [-0.2, 0) is 10.0 Å². The van der Waals surface area contributed by atoms with E-state index in [1.54, 1.807) is 23.5 Å². The van der Waals surface area contributed by atoms with Crippen molar-refractivity contribution in [1.82, 2.24) is 9.62 Å². The molecule has 1 heterocycles. The van der Waals surface area contributed by atoms with E-state index >= 15 is 0 Å². The Balaban J connectivity index is 1.42. The highest BCUT2D eigenvalue weighted by molar-refractivity contribution is 7.89. The zero-order valence-electron chi connectivity index (χ0n) is 17.5. The van der Waals surface area contributed by atoms with Crippen molar-refractivity contribution < 1.29 is 17.9 Å². The van der Waals surface area contributed by atoms with Gasteiger partial charge in [-0.05, 0) is 49.7 Å². The molecule has 162 valence electrons. The second-order valence-corrected chi connectivity index (χ2v) is 9.46. The molecule has 1 fully saturated rings. The lowest BCUT2D eigenvalue weighted by atomic mass is 10.1. The van der Waals surface area contributed by atoms with E-state index in [2.05, 4.69) is 10.2 Å². The molecule has 7 nitrogen and oxygen atoms in total. The first-order chi connectivity index (χ1) is 14.4. The maximum absolute atomic E-state index is 12.6. The number of benzene rings is 2. The lowest BCUT2D eigenvalue weighted by molar-refractivity contribution is 0.0953. The van der Waals surface area contributed by atoms with Gasteiger partial charge in [0.25, 0.3) is 5.91 Å². The number of anilines is 1. The van der Waals surface area contributed by atoms with E-state index in [1.165, 1.54) is 0 Å². The summed E-state index contributed by atoms with van der Waals surface area (Å²) in [5.74, 6) is 0.652. The fourth-order valence-corrected chi connectivity index (χ4v) is 4.90. The molecule has 2 aromatic rings.